The lowest BCUT2D eigenvalue weighted by Crippen LogP contribution is -2.36. The zero-order valence-electron chi connectivity index (χ0n) is 14.9. The fourth-order valence-electron chi connectivity index (χ4n) is 3.69. The molecule has 0 radical (unpaired) electrons. The molecule has 7 nitrogen and oxygen atoms in total. The van der Waals surface area contributed by atoms with E-state index in [2.05, 4.69) is 20.9 Å². The minimum atomic E-state index is -0.490. The number of hydrogen-bond acceptors (Lipinski definition) is 6. The summed E-state index contributed by atoms with van der Waals surface area (Å²) in [6.07, 6.45) is 4.59. The van der Waals surface area contributed by atoms with Crippen LogP contribution >= 0.6 is 15.9 Å². The molecule has 0 amide bonds. The molecular formula is C20H16BrN3O4. The molecule has 2 aromatic rings. The second-order valence-corrected chi connectivity index (χ2v) is 7.55. The number of piperidine rings is 1. The molecule has 0 unspecified atom stereocenters. The molecule has 2 heterocycles. The second kappa shape index (κ2) is 7.27. The Morgan fingerprint density at radius 1 is 1.00 bits per heavy atom. The van der Waals surface area contributed by atoms with Crippen LogP contribution in [0, 0.1) is 10.1 Å². The van der Waals surface area contributed by atoms with Crippen molar-refractivity contribution < 1.29 is 14.5 Å². The molecule has 1 aromatic carbocycles. The number of nitro benzene ring substituents is 1. The smallest absolute Gasteiger partial charge is 0.269 e. The Morgan fingerprint density at radius 2 is 1.68 bits per heavy atom. The summed E-state index contributed by atoms with van der Waals surface area (Å²) in [5.41, 5.74) is 1.80. The summed E-state index contributed by atoms with van der Waals surface area (Å²) in [6.45, 7) is 1.50. The summed E-state index contributed by atoms with van der Waals surface area (Å²) >= 11 is 3.35. The van der Waals surface area contributed by atoms with Gasteiger partial charge in [-0.3, -0.25) is 24.7 Å². The molecular weight excluding hydrogens is 426 g/mol. The van der Waals surface area contributed by atoms with Gasteiger partial charge in [-0.05, 0) is 53.4 Å². The molecule has 4 rings (SSSR count). The summed E-state index contributed by atoms with van der Waals surface area (Å²) < 4.78 is 0.253. The van der Waals surface area contributed by atoms with E-state index in [9.17, 15) is 19.7 Å². The first kappa shape index (κ1) is 18.5. The molecule has 0 saturated carbocycles. The molecule has 2 aliphatic rings. The SMILES string of the molecule is O=C1C(N2CCCCC2)=C(Br)C(=O)c2c1ccnc2-c1ccc([N+](=O)[O-])cc1. The van der Waals surface area contributed by atoms with Gasteiger partial charge in [0.2, 0.25) is 11.6 Å². The number of Topliss-reactive ketones (excluding diaryl/α,β-unsaturated/α-hetero) is 2. The number of carbonyl (C=O) groups excluding carboxylic acids is 2. The fraction of sp³-hybridized carbons (Fsp3) is 0.250. The first-order chi connectivity index (χ1) is 13.5. The zero-order valence-corrected chi connectivity index (χ0v) is 16.4. The van der Waals surface area contributed by atoms with E-state index in [1.54, 1.807) is 6.07 Å². The first-order valence-corrected chi connectivity index (χ1v) is 9.76. The number of nitro groups is 1. The highest BCUT2D eigenvalue weighted by Crippen LogP contribution is 2.37. The molecule has 0 spiro atoms. The van der Waals surface area contributed by atoms with Gasteiger partial charge in [-0.15, -0.1) is 0 Å². The Hall–Kier alpha value is -2.87. The maximum Gasteiger partial charge on any atom is 0.269 e. The highest BCUT2D eigenvalue weighted by Gasteiger charge is 2.36. The predicted octanol–water partition coefficient (Wildman–Crippen LogP) is 4.13. The third kappa shape index (κ3) is 3.03. The molecule has 0 atom stereocenters. The van der Waals surface area contributed by atoms with E-state index >= 15 is 0 Å². The number of benzene rings is 1. The van der Waals surface area contributed by atoms with E-state index in [0.717, 1.165) is 32.4 Å². The number of ketones is 2. The van der Waals surface area contributed by atoms with Crippen LogP contribution < -0.4 is 0 Å². The van der Waals surface area contributed by atoms with Crippen molar-refractivity contribution in [3.05, 3.63) is 67.9 Å². The summed E-state index contributed by atoms with van der Waals surface area (Å²) in [6, 6.07) is 7.35. The average Bonchev–Trinajstić information content (AvgIpc) is 2.72. The van der Waals surface area contributed by atoms with Gasteiger partial charge in [0, 0.05) is 42.5 Å². The number of hydrogen-bond donors (Lipinski definition) is 0. The van der Waals surface area contributed by atoms with E-state index in [1.807, 2.05) is 4.90 Å². The van der Waals surface area contributed by atoms with Gasteiger partial charge in [0.05, 0.1) is 20.7 Å². The van der Waals surface area contributed by atoms with E-state index in [-0.39, 0.29) is 27.3 Å². The van der Waals surface area contributed by atoms with Crippen LogP contribution in [0.15, 0.2) is 46.7 Å². The number of likely N-dealkylation sites (tertiary alicyclic amines) is 1. The molecule has 142 valence electrons. The normalized spacial score (nSPS) is 17.0. The number of allylic oxidation sites excluding steroid dienone is 2. The van der Waals surface area contributed by atoms with Gasteiger partial charge < -0.3 is 4.90 Å². The average molecular weight is 442 g/mol. The minimum Gasteiger partial charge on any atom is -0.367 e. The number of carbonyl (C=O) groups is 2. The van der Waals surface area contributed by atoms with Crippen molar-refractivity contribution in [2.24, 2.45) is 0 Å². The third-order valence-electron chi connectivity index (χ3n) is 5.07. The van der Waals surface area contributed by atoms with Crippen LogP contribution in [0.2, 0.25) is 0 Å². The number of pyridine rings is 1. The Balaban J connectivity index is 1.80. The molecule has 0 bridgehead atoms. The van der Waals surface area contributed by atoms with Gasteiger partial charge in [-0.2, -0.15) is 0 Å². The van der Waals surface area contributed by atoms with Gasteiger partial charge in [0.25, 0.3) is 5.69 Å². The van der Waals surface area contributed by atoms with Crippen LogP contribution in [0.1, 0.15) is 40.0 Å². The number of fused-ring (bicyclic) bond motifs is 1. The van der Waals surface area contributed by atoms with Crippen molar-refractivity contribution in [1.82, 2.24) is 9.88 Å². The summed E-state index contributed by atoms with van der Waals surface area (Å²) in [5.74, 6) is -0.495. The van der Waals surface area contributed by atoms with Crippen molar-refractivity contribution in [1.29, 1.82) is 0 Å². The standard InChI is InChI=1S/C20H16BrN3O4/c21-16-18(23-10-2-1-3-11-23)19(25)14-8-9-22-17(15(14)20(16)26)12-4-6-13(7-5-12)24(27)28/h4-9H,1-3,10-11H2. The van der Waals surface area contributed by atoms with Crippen LogP contribution in [0.25, 0.3) is 11.3 Å². The lowest BCUT2D eigenvalue weighted by atomic mass is 9.88. The van der Waals surface area contributed by atoms with Crippen LogP contribution in [-0.2, 0) is 0 Å². The van der Waals surface area contributed by atoms with Gasteiger partial charge in [0.15, 0.2) is 0 Å². The van der Waals surface area contributed by atoms with Gasteiger partial charge in [-0.1, -0.05) is 0 Å². The van der Waals surface area contributed by atoms with Gasteiger partial charge in [0.1, 0.15) is 5.70 Å². The van der Waals surface area contributed by atoms with Crippen LogP contribution in [0.4, 0.5) is 5.69 Å². The molecule has 1 aromatic heterocycles. The summed E-state index contributed by atoms with van der Waals surface area (Å²) in [5, 5.41) is 10.9. The Kier molecular flexibility index (Phi) is 4.80. The monoisotopic (exact) mass is 441 g/mol. The van der Waals surface area contributed by atoms with Crippen molar-refractivity contribution in [2.45, 2.75) is 19.3 Å². The zero-order chi connectivity index (χ0) is 19.8. The number of rotatable bonds is 3. The second-order valence-electron chi connectivity index (χ2n) is 6.75. The number of halogens is 1. The Labute approximate surface area is 169 Å². The van der Waals surface area contributed by atoms with Crippen molar-refractivity contribution >= 4 is 33.2 Å². The predicted molar refractivity (Wildman–Crippen MR) is 106 cm³/mol. The van der Waals surface area contributed by atoms with Gasteiger partial charge in [-0.25, -0.2) is 0 Å². The van der Waals surface area contributed by atoms with E-state index in [1.165, 1.54) is 30.5 Å². The van der Waals surface area contributed by atoms with Crippen molar-refractivity contribution in [3.8, 4) is 11.3 Å². The molecule has 1 fully saturated rings. The highest BCUT2D eigenvalue weighted by atomic mass is 79.9. The third-order valence-corrected chi connectivity index (χ3v) is 5.80. The van der Waals surface area contributed by atoms with Crippen LogP contribution in [0.3, 0.4) is 0 Å². The number of non-ortho nitro benzene ring substituents is 1. The maximum absolute atomic E-state index is 13.2. The number of nitrogens with zero attached hydrogens (tertiary/aromatic N) is 3. The highest BCUT2D eigenvalue weighted by molar-refractivity contribution is 9.12. The molecule has 0 N–H and O–H groups in total. The summed E-state index contributed by atoms with van der Waals surface area (Å²) in [7, 11) is 0. The van der Waals surface area contributed by atoms with Gasteiger partial charge >= 0.3 is 0 Å². The van der Waals surface area contributed by atoms with E-state index in [4.69, 9.17) is 0 Å². The summed E-state index contributed by atoms with van der Waals surface area (Å²) in [4.78, 5) is 43.0. The molecule has 1 aliphatic carbocycles. The van der Waals surface area contributed by atoms with E-state index in [0.29, 0.717) is 22.5 Å². The number of aromatic nitrogens is 1. The topological polar surface area (TPSA) is 93.4 Å². The minimum absolute atomic E-state index is 0.0515. The van der Waals surface area contributed by atoms with E-state index < -0.39 is 4.92 Å². The quantitative estimate of drug-likeness (QED) is 0.524. The first-order valence-electron chi connectivity index (χ1n) is 8.97. The molecule has 28 heavy (non-hydrogen) atoms. The largest absolute Gasteiger partial charge is 0.367 e. The van der Waals surface area contributed by atoms with Crippen molar-refractivity contribution in [2.75, 3.05) is 13.1 Å². The fourth-order valence-corrected chi connectivity index (χ4v) is 4.31. The van der Waals surface area contributed by atoms with Crippen molar-refractivity contribution in [3.63, 3.8) is 0 Å². The maximum atomic E-state index is 13.2. The molecule has 8 heteroatoms. The molecule has 1 aliphatic heterocycles. The Bertz CT molecular complexity index is 1020. The molecule has 1 saturated heterocycles. The Morgan fingerprint density at radius 3 is 2.32 bits per heavy atom. The lowest BCUT2D eigenvalue weighted by Gasteiger charge is -2.33. The lowest BCUT2D eigenvalue weighted by molar-refractivity contribution is -0.384. The van der Waals surface area contributed by atoms with Crippen LogP contribution in [0.5, 0.6) is 0 Å². The van der Waals surface area contributed by atoms with Crippen LogP contribution in [-0.4, -0.2) is 39.5 Å².